The summed E-state index contributed by atoms with van der Waals surface area (Å²) in [6, 6.07) is 0.0191. The van der Waals surface area contributed by atoms with Gasteiger partial charge in [0.1, 0.15) is 0 Å². The van der Waals surface area contributed by atoms with E-state index in [0.717, 1.165) is 0 Å². The fourth-order valence-electron chi connectivity index (χ4n) is 1.58. The van der Waals surface area contributed by atoms with E-state index < -0.39 is 0 Å². The third kappa shape index (κ3) is 6.71. The summed E-state index contributed by atoms with van der Waals surface area (Å²) in [5, 5.41) is 12.4. The summed E-state index contributed by atoms with van der Waals surface area (Å²) in [4.78, 5) is 24.7. The largest absolute Gasteiger partial charge is 0.395 e. The highest BCUT2D eigenvalue weighted by Crippen LogP contribution is 2.01. The molecule has 0 heterocycles. The highest BCUT2D eigenvalue weighted by atomic mass is 16.3. The Labute approximate surface area is 110 Å². The Morgan fingerprint density at radius 3 is 2.11 bits per heavy atom. The second kappa shape index (κ2) is 8.21. The summed E-state index contributed by atoms with van der Waals surface area (Å²) in [7, 11) is 0. The number of carbonyl (C=O) groups excluding carboxylic acids is 2. The number of nitrogens with zero attached hydrogens (tertiary/aromatic N) is 1. The molecular weight excluding hydrogens is 232 g/mol. The number of carbonyl (C=O) groups is 2. The minimum Gasteiger partial charge on any atom is -0.395 e. The Morgan fingerprint density at radius 1 is 1.22 bits per heavy atom. The Bertz CT molecular complexity index is 277. The molecule has 0 saturated carbocycles. The molecule has 18 heavy (non-hydrogen) atoms. The third-order valence-corrected chi connectivity index (χ3v) is 2.67. The molecule has 1 amide bonds. The average molecular weight is 258 g/mol. The smallest absolute Gasteiger partial charge is 0.219 e. The van der Waals surface area contributed by atoms with Crippen LogP contribution in [-0.4, -0.2) is 53.5 Å². The van der Waals surface area contributed by atoms with E-state index in [1.165, 1.54) is 11.8 Å². The monoisotopic (exact) mass is 258 g/mol. The minimum atomic E-state index is -0.200. The quantitative estimate of drug-likeness (QED) is 0.662. The zero-order valence-electron chi connectivity index (χ0n) is 12.1. The van der Waals surface area contributed by atoms with Crippen molar-refractivity contribution in [3.63, 3.8) is 0 Å². The van der Waals surface area contributed by atoms with E-state index in [2.05, 4.69) is 5.32 Å². The molecule has 0 radical (unpaired) electrons. The van der Waals surface area contributed by atoms with Gasteiger partial charge in [0.05, 0.1) is 13.2 Å². The molecular formula is C13H26N2O3. The topological polar surface area (TPSA) is 69.6 Å². The molecule has 0 bridgehead atoms. The van der Waals surface area contributed by atoms with Crippen LogP contribution >= 0.6 is 0 Å². The van der Waals surface area contributed by atoms with E-state index in [4.69, 9.17) is 0 Å². The van der Waals surface area contributed by atoms with Gasteiger partial charge < -0.3 is 15.3 Å². The number of ketones is 1. The number of aliphatic hydroxyl groups is 1. The van der Waals surface area contributed by atoms with Crippen LogP contribution in [0.5, 0.6) is 0 Å². The lowest BCUT2D eigenvalue weighted by molar-refractivity contribution is -0.135. The molecule has 5 heteroatoms. The SMILES string of the molecule is CC(=O)N(CC(=O)C(C)C)C[C@H](CO)NC(C)C. The van der Waals surface area contributed by atoms with Crippen LogP contribution in [0.3, 0.4) is 0 Å². The Hall–Kier alpha value is -0.940. The van der Waals surface area contributed by atoms with Gasteiger partial charge in [-0.2, -0.15) is 0 Å². The number of hydrogen-bond acceptors (Lipinski definition) is 4. The summed E-state index contributed by atoms with van der Waals surface area (Å²) in [5.74, 6) is -0.197. The van der Waals surface area contributed by atoms with Crippen LogP contribution in [0.2, 0.25) is 0 Å². The lowest BCUT2D eigenvalue weighted by Gasteiger charge is -2.27. The van der Waals surface area contributed by atoms with E-state index in [9.17, 15) is 14.7 Å². The second-order valence-electron chi connectivity index (χ2n) is 5.22. The van der Waals surface area contributed by atoms with Crippen molar-refractivity contribution in [3.05, 3.63) is 0 Å². The number of aliphatic hydroxyl groups excluding tert-OH is 1. The zero-order valence-corrected chi connectivity index (χ0v) is 12.1. The summed E-state index contributed by atoms with van der Waals surface area (Å²) >= 11 is 0. The minimum absolute atomic E-state index is 0.0337. The maximum atomic E-state index is 11.7. The Balaban J connectivity index is 4.51. The first kappa shape index (κ1) is 17.1. The lowest BCUT2D eigenvalue weighted by atomic mass is 10.1. The first-order valence-electron chi connectivity index (χ1n) is 6.43. The van der Waals surface area contributed by atoms with Crippen molar-refractivity contribution in [2.75, 3.05) is 19.7 Å². The van der Waals surface area contributed by atoms with Gasteiger partial charge in [-0.25, -0.2) is 0 Å². The highest BCUT2D eigenvalue weighted by Gasteiger charge is 2.20. The lowest BCUT2D eigenvalue weighted by Crippen LogP contribution is -2.49. The van der Waals surface area contributed by atoms with E-state index in [-0.39, 0.29) is 42.8 Å². The molecule has 0 aliphatic heterocycles. The molecule has 0 aromatic rings. The van der Waals surface area contributed by atoms with Crippen molar-refractivity contribution in [1.82, 2.24) is 10.2 Å². The number of nitrogens with one attached hydrogen (secondary N) is 1. The molecule has 0 unspecified atom stereocenters. The molecule has 0 aliphatic rings. The van der Waals surface area contributed by atoms with Crippen molar-refractivity contribution < 1.29 is 14.7 Å². The van der Waals surface area contributed by atoms with Crippen molar-refractivity contribution in [2.24, 2.45) is 5.92 Å². The molecule has 0 aliphatic carbocycles. The second-order valence-corrected chi connectivity index (χ2v) is 5.22. The molecule has 5 nitrogen and oxygen atoms in total. The standard InChI is InChI=1S/C13H26N2O3/c1-9(2)13(18)7-15(11(5)17)6-12(8-16)14-10(3)4/h9-10,12,14,16H,6-8H2,1-5H3/t12-/m1/s1. The number of amides is 1. The predicted molar refractivity (Wildman–Crippen MR) is 71.2 cm³/mol. The zero-order chi connectivity index (χ0) is 14.3. The van der Waals surface area contributed by atoms with Gasteiger partial charge in [-0.1, -0.05) is 27.7 Å². The molecule has 1 atom stereocenters. The van der Waals surface area contributed by atoms with Gasteiger partial charge in [-0.3, -0.25) is 9.59 Å². The van der Waals surface area contributed by atoms with Crippen LogP contribution in [0, 0.1) is 5.92 Å². The summed E-state index contributed by atoms with van der Waals surface area (Å²) in [6.45, 7) is 9.42. The van der Waals surface area contributed by atoms with Gasteiger partial charge in [0.15, 0.2) is 5.78 Å². The van der Waals surface area contributed by atoms with Crippen LogP contribution in [0.15, 0.2) is 0 Å². The number of rotatable bonds is 8. The van der Waals surface area contributed by atoms with Crippen LogP contribution < -0.4 is 5.32 Å². The first-order valence-corrected chi connectivity index (χ1v) is 6.43. The molecule has 0 aromatic heterocycles. The van der Waals surface area contributed by atoms with Gasteiger partial charge >= 0.3 is 0 Å². The fourth-order valence-corrected chi connectivity index (χ4v) is 1.58. The van der Waals surface area contributed by atoms with Gasteiger partial charge in [-0.05, 0) is 0 Å². The Morgan fingerprint density at radius 2 is 1.78 bits per heavy atom. The molecule has 0 rings (SSSR count). The maximum absolute atomic E-state index is 11.7. The van der Waals surface area contributed by atoms with Gasteiger partial charge in [0, 0.05) is 31.5 Å². The van der Waals surface area contributed by atoms with Crippen molar-refractivity contribution in [3.8, 4) is 0 Å². The summed E-state index contributed by atoms with van der Waals surface area (Å²) in [5.41, 5.74) is 0. The van der Waals surface area contributed by atoms with Crippen LogP contribution in [0.1, 0.15) is 34.6 Å². The van der Waals surface area contributed by atoms with E-state index in [1.807, 2.05) is 27.7 Å². The fraction of sp³-hybridized carbons (Fsp3) is 0.846. The Kier molecular flexibility index (Phi) is 7.78. The molecule has 106 valence electrons. The van der Waals surface area contributed by atoms with Crippen LogP contribution in [0.25, 0.3) is 0 Å². The van der Waals surface area contributed by atoms with Crippen molar-refractivity contribution in [1.29, 1.82) is 0 Å². The molecule has 0 saturated heterocycles. The number of Topliss-reactive ketones (excluding diaryl/α,β-unsaturated/α-hetero) is 1. The predicted octanol–water partition coefficient (Wildman–Crippen LogP) is 0.419. The normalized spacial score (nSPS) is 12.9. The summed E-state index contributed by atoms with van der Waals surface area (Å²) in [6.07, 6.45) is 0. The highest BCUT2D eigenvalue weighted by molar-refractivity contribution is 5.86. The first-order chi connectivity index (χ1) is 8.27. The summed E-state index contributed by atoms with van der Waals surface area (Å²) < 4.78 is 0. The molecule has 0 spiro atoms. The van der Waals surface area contributed by atoms with Crippen LogP contribution in [0.4, 0.5) is 0 Å². The molecule has 0 fully saturated rings. The number of hydrogen-bond donors (Lipinski definition) is 2. The third-order valence-electron chi connectivity index (χ3n) is 2.67. The van der Waals surface area contributed by atoms with Crippen LogP contribution in [-0.2, 0) is 9.59 Å². The van der Waals surface area contributed by atoms with E-state index in [1.54, 1.807) is 0 Å². The van der Waals surface area contributed by atoms with Crippen molar-refractivity contribution >= 4 is 11.7 Å². The van der Waals surface area contributed by atoms with Gasteiger partial charge in [0.25, 0.3) is 0 Å². The average Bonchev–Trinajstić information content (AvgIpc) is 2.25. The maximum Gasteiger partial charge on any atom is 0.219 e. The van der Waals surface area contributed by atoms with Gasteiger partial charge in [-0.15, -0.1) is 0 Å². The van der Waals surface area contributed by atoms with Gasteiger partial charge in [0.2, 0.25) is 5.91 Å². The molecule has 0 aromatic carbocycles. The van der Waals surface area contributed by atoms with Crippen molar-refractivity contribution in [2.45, 2.75) is 46.7 Å². The van der Waals surface area contributed by atoms with E-state index >= 15 is 0 Å². The molecule has 2 N–H and O–H groups in total. The van der Waals surface area contributed by atoms with E-state index in [0.29, 0.717) is 6.54 Å².